The Labute approximate surface area is 126 Å². The Morgan fingerprint density at radius 3 is 2.33 bits per heavy atom. The minimum atomic E-state index is -0.302. The van der Waals surface area contributed by atoms with E-state index in [4.69, 9.17) is 0 Å². The standard InChI is InChI=1S/C17H23N3O/c1-13(14(2)21)11-16(15-7-4-3-5-8-15)12-20-17-18-9-6-10-19-17/h3-10,13-14,16,21H,11-12H2,1-2H3,(H,18,19,20). The van der Waals surface area contributed by atoms with Gasteiger partial charge >= 0.3 is 0 Å². The lowest BCUT2D eigenvalue weighted by Crippen LogP contribution is -2.21. The van der Waals surface area contributed by atoms with Gasteiger partial charge in [0.25, 0.3) is 0 Å². The maximum atomic E-state index is 9.76. The van der Waals surface area contributed by atoms with Gasteiger partial charge in [-0.3, -0.25) is 0 Å². The Bertz CT molecular complexity index is 516. The van der Waals surface area contributed by atoms with Crippen LogP contribution in [0.25, 0.3) is 0 Å². The van der Waals surface area contributed by atoms with E-state index in [-0.39, 0.29) is 12.0 Å². The number of hydrogen-bond acceptors (Lipinski definition) is 4. The molecule has 1 heterocycles. The summed E-state index contributed by atoms with van der Waals surface area (Å²) in [6.45, 7) is 4.69. The topological polar surface area (TPSA) is 58.0 Å². The Morgan fingerprint density at radius 2 is 1.71 bits per heavy atom. The highest BCUT2D eigenvalue weighted by atomic mass is 16.3. The molecule has 0 bridgehead atoms. The molecule has 0 aliphatic heterocycles. The van der Waals surface area contributed by atoms with Gasteiger partial charge in [0.1, 0.15) is 0 Å². The fraction of sp³-hybridized carbons (Fsp3) is 0.412. The van der Waals surface area contributed by atoms with Crippen LogP contribution in [0.4, 0.5) is 5.95 Å². The Hall–Kier alpha value is -1.94. The molecule has 3 unspecified atom stereocenters. The molecule has 0 fully saturated rings. The predicted octanol–water partition coefficient (Wildman–Crippen LogP) is 3.08. The molecule has 21 heavy (non-hydrogen) atoms. The highest BCUT2D eigenvalue weighted by Gasteiger charge is 2.18. The molecule has 0 spiro atoms. The highest BCUT2D eigenvalue weighted by molar-refractivity contribution is 5.26. The van der Waals surface area contributed by atoms with E-state index in [9.17, 15) is 5.11 Å². The summed E-state index contributed by atoms with van der Waals surface area (Å²) in [5, 5.41) is 13.0. The molecule has 1 aromatic carbocycles. The van der Waals surface area contributed by atoms with Crippen molar-refractivity contribution < 1.29 is 5.11 Å². The summed E-state index contributed by atoms with van der Waals surface area (Å²) in [7, 11) is 0. The molecular weight excluding hydrogens is 262 g/mol. The van der Waals surface area contributed by atoms with E-state index in [2.05, 4.69) is 34.3 Å². The van der Waals surface area contributed by atoms with Gasteiger partial charge in [-0.25, -0.2) is 9.97 Å². The summed E-state index contributed by atoms with van der Waals surface area (Å²) < 4.78 is 0. The second kappa shape index (κ2) is 7.74. The van der Waals surface area contributed by atoms with Crippen LogP contribution in [-0.2, 0) is 0 Å². The maximum absolute atomic E-state index is 9.76. The third-order valence-corrected chi connectivity index (χ3v) is 3.82. The van der Waals surface area contributed by atoms with Gasteiger partial charge in [0.05, 0.1) is 6.10 Å². The van der Waals surface area contributed by atoms with Gasteiger partial charge in [0.2, 0.25) is 5.95 Å². The summed E-state index contributed by atoms with van der Waals surface area (Å²) in [5.41, 5.74) is 1.27. The van der Waals surface area contributed by atoms with E-state index in [1.807, 2.05) is 25.1 Å². The number of aliphatic hydroxyl groups is 1. The summed E-state index contributed by atoms with van der Waals surface area (Å²) in [6.07, 6.45) is 4.07. The minimum Gasteiger partial charge on any atom is -0.393 e. The van der Waals surface area contributed by atoms with Crippen molar-refractivity contribution in [1.82, 2.24) is 9.97 Å². The number of aromatic nitrogens is 2. The molecule has 2 aromatic rings. The first kappa shape index (κ1) is 15.4. The van der Waals surface area contributed by atoms with Crippen LogP contribution in [0.3, 0.4) is 0 Å². The van der Waals surface area contributed by atoms with Crippen LogP contribution >= 0.6 is 0 Å². The molecule has 2 N–H and O–H groups in total. The minimum absolute atomic E-state index is 0.244. The number of benzene rings is 1. The van der Waals surface area contributed by atoms with Crippen LogP contribution < -0.4 is 5.32 Å². The average molecular weight is 285 g/mol. The monoisotopic (exact) mass is 285 g/mol. The Balaban J connectivity index is 2.05. The second-order valence-corrected chi connectivity index (χ2v) is 5.51. The molecule has 4 heteroatoms. The number of hydrogen-bond donors (Lipinski definition) is 2. The van der Waals surface area contributed by atoms with Crippen LogP contribution in [0.15, 0.2) is 48.8 Å². The molecule has 0 aliphatic rings. The summed E-state index contributed by atoms with van der Waals surface area (Å²) in [5.74, 6) is 1.21. The summed E-state index contributed by atoms with van der Waals surface area (Å²) in [6, 6.07) is 12.2. The molecule has 0 aliphatic carbocycles. The predicted molar refractivity (Wildman–Crippen MR) is 85.2 cm³/mol. The second-order valence-electron chi connectivity index (χ2n) is 5.51. The first-order valence-electron chi connectivity index (χ1n) is 7.40. The first-order valence-corrected chi connectivity index (χ1v) is 7.40. The molecule has 1 aromatic heterocycles. The average Bonchev–Trinajstić information content (AvgIpc) is 2.53. The van der Waals surface area contributed by atoms with E-state index in [0.29, 0.717) is 11.9 Å². The molecule has 0 saturated carbocycles. The van der Waals surface area contributed by atoms with Crippen molar-refractivity contribution in [2.75, 3.05) is 11.9 Å². The zero-order valence-corrected chi connectivity index (χ0v) is 12.6. The van der Waals surface area contributed by atoms with E-state index in [1.165, 1.54) is 5.56 Å². The largest absolute Gasteiger partial charge is 0.393 e. The van der Waals surface area contributed by atoms with Gasteiger partial charge < -0.3 is 10.4 Å². The van der Waals surface area contributed by atoms with E-state index in [1.54, 1.807) is 18.5 Å². The van der Waals surface area contributed by atoms with Gasteiger partial charge in [-0.2, -0.15) is 0 Å². The fourth-order valence-corrected chi connectivity index (χ4v) is 2.31. The number of nitrogens with one attached hydrogen (secondary N) is 1. The highest BCUT2D eigenvalue weighted by Crippen LogP contribution is 2.25. The van der Waals surface area contributed by atoms with E-state index < -0.39 is 0 Å². The summed E-state index contributed by atoms with van der Waals surface area (Å²) in [4.78, 5) is 8.37. The zero-order chi connectivity index (χ0) is 15.1. The van der Waals surface area contributed by atoms with Gasteiger partial charge in [-0.1, -0.05) is 37.3 Å². The fourth-order valence-electron chi connectivity index (χ4n) is 2.31. The maximum Gasteiger partial charge on any atom is 0.222 e. The number of rotatable bonds is 7. The molecule has 0 saturated heterocycles. The number of anilines is 1. The zero-order valence-electron chi connectivity index (χ0n) is 12.6. The summed E-state index contributed by atoms with van der Waals surface area (Å²) >= 11 is 0. The Morgan fingerprint density at radius 1 is 1.05 bits per heavy atom. The molecule has 4 nitrogen and oxygen atoms in total. The molecule has 3 atom stereocenters. The third kappa shape index (κ3) is 4.83. The lowest BCUT2D eigenvalue weighted by Gasteiger charge is -2.23. The van der Waals surface area contributed by atoms with Crippen LogP contribution in [-0.4, -0.2) is 27.7 Å². The van der Waals surface area contributed by atoms with Crippen molar-refractivity contribution in [3.05, 3.63) is 54.4 Å². The van der Waals surface area contributed by atoms with E-state index >= 15 is 0 Å². The van der Waals surface area contributed by atoms with Crippen LogP contribution in [0.5, 0.6) is 0 Å². The number of aliphatic hydroxyl groups excluding tert-OH is 1. The molecule has 0 radical (unpaired) electrons. The normalized spacial score (nSPS) is 15.2. The molecule has 2 rings (SSSR count). The SMILES string of the molecule is CC(O)C(C)CC(CNc1ncccn1)c1ccccc1. The molecule has 0 amide bonds. The molecule has 112 valence electrons. The first-order chi connectivity index (χ1) is 10.2. The molecular formula is C17H23N3O. The number of nitrogens with zero attached hydrogens (tertiary/aromatic N) is 2. The lowest BCUT2D eigenvalue weighted by atomic mass is 9.87. The smallest absolute Gasteiger partial charge is 0.222 e. The lowest BCUT2D eigenvalue weighted by molar-refractivity contribution is 0.126. The van der Waals surface area contributed by atoms with Gasteiger partial charge in [-0.15, -0.1) is 0 Å². The van der Waals surface area contributed by atoms with Crippen molar-refractivity contribution in [1.29, 1.82) is 0 Å². The third-order valence-electron chi connectivity index (χ3n) is 3.82. The van der Waals surface area contributed by atoms with Crippen molar-refractivity contribution in [3.8, 4) is 0 Å². The van der Waals surface area contributed by atoms with Gasteiger partial charge in [-0.05, 0) is 30.9 Å². The van der Waals surface area contributed by atoms with Crippen molar-refractivity contribution >= 4 is 5.95 Å². The van der Waals surface area contributed by atoms with Crippen LogP contribution in [0, 0.1) is 5.92 Å². The van der Waals surface area contributed by atoms with Gasteiger partial charge in [0.15, 0.2) is 0 Å². The van der Waals surface area contributed by atoms with E-state index in [0.717, 1.165) is 13.0 Å². The van der Waals surface area contributed by atoms with Crippen molar-refractivity contribution in [3.63, 3.8) is 0 Å². The van der Waals surface area contributed by atoms with Crippen molar-refractivity contribution in [2.24, 2.45) is 5.92 Å². The quantitative estimate of drug-likeness (QED) is 0.821. The van der Waals surface area contributed by atoms with Crippen molar-refractivity contribution in [2.45, 2.75) is 32.3 Å². The van der Waals surface area contributed by atoms with Crippen LogP contribution in [0.1, 0.15) is 31.7 Å². The van der Waals surface area contributed by atoms with Crippen LogP contribution in [0.2, 0.25) is 0 Å². The van der Waals surface area contributed by atoms with Gasteiger partial charge in [0, 0.05) is 24.9 Å². The Kier molecular flexibility index (Phi) is 5.69.